The summed E-state index contributed by atoms with van der Waals surface area (Å²) in [5, 5.41) is 8.80. The molecule has 3 heterocycles. The third kappa shape index (κ3) is 3.21. The number of nitrogens with zero attached hydrogens (tertiary/aromatic N) is 4. The fraction of sp³-hybridized carbons (Fsp3) is 0.333. The molecule has 0 radical (unpaired) electrons. The SMILES string of the molecule is COc1ccc(-c2nnc3n(c2=O)CCC32CCN(C(=O)c3ccc(C)cc3)C2)cc1. The number of amides is 1. The van der Waals surface area contributed by atoms with Gasteiger partial charge < -0.3 is 9.64 Å². The molecule has 0 aliphatic carbocycles. The van der Waals surface area contributed by atoms with Gasteiger partial charge in [-0.3, -0.25) is 14.2 Å². The van der Waals surface area contributed by atoms with Crippen molar-refractivity contribution in [3.63, 3.8) is 0 Å². The summed E-state index contributed by atoms with van der Waals surface area (Å²) in [6, 6.07) is 14.9. The summed E-state index contributed by atoms with van der Waals surface area (Å²) >= 11 is 0. The molecule has 0 bridgehead atoms. The predicted molar refractivity (Wildman–Crippen MR) is 116 cm³/mol. The Morgan fingerprint density at radius 3 is 2.42 bits per heavy atom. The molecule has 0 N–H and O–H groups in total. The van der Waals surface area contributed by atoms with E-state index in [1.54, 1.807) is 23.8 Å². The monoisotopic (exact) mass is 416 g/mol. The Balaban J connectivity index is 1.43. The number of carbonyl (C=O) groups is 1. The molecule has 2 aliphatic rings. The van der Waals surface area contributed by atoms with Crippen molar-refractivity contribution in [3.05, 3.63) is 75.8 Å². The number of aryl methyl sites for hydroxylation is 1. The lowest BCUT2D eigenvalue weighted by Crippen LogP contribution is -2.35. The molecular weight excluding hydrogens is 392 g/mol. The van der Waals surface area contributed by atoms with Crippen molar-refractivity contribution in [3.8, 4) is 17.0 Å². The smallest absolute Gasteiger partial charge is 0.280 e. The minimum atomic E-state index is -0.301. The van der Waals surface area contributed by atoms with Gasteiger partial charge in [-0.1, -0.05) is 17.7 Å². The van der Waals surface area contributed by atoms with Crippen LogP contribution in [0.5, 0.6) is 5.75 Å². The highest BCUT2D eigenvalue weighted by molar-refractivity contribution is 5.94. The van der Waals surface area contributed by atoms with Crippen LogP contribution in [0.25, 0.3) is 11.3 Å². The molecule has 1 fully saturated rings. The first-order valence-electron chi connectivity index (χ1n) is 10.5. The Morgan fingerprint density at radius 1 is 1.00 bits per heavy atom. The fourth-order valence-electron chi connectivity index (χ4n) is 4.70. The van der Waals surface area contributed by atoms with E-state index in [2.05, 4.69) is 10.2 Å². The Bertz CT molecular complexity index is 1200. The van der Waals surface area contributed by atoms with Crippen molar-refractivity contribution >= 4 is 5.91 Å². The van der Waals surface area contributed by atoms with Crippen LogP contribution in [0.3, 0.4) is 0 Å². The number of hydrogen-bond donors (Lipinski definition) is 0. The van der Waals surface area contributed by atoms with Crippen LogP contribution in [-0.4, -0.2) is 45.8 Å². The quantitative estimate of drug-likeness (QED) is 0.656. The number of carbonyl (C=O) groups excluding carboxylic acids is 1. The van der Waals surface area contributed by atoms with Crippen molar-refractivity contribution in [1.82, 2.24) is 19.7 Å². The molecular formula is C24H24N4O3. The Kier molecular flexibility index (Phi) is 4.61. The zero-order valence-electron chi connectivity index (χ0n) is 17.7. The molecule has 2 aromatic carbocycles. The summed E-state index contributed by atoms with van der Waals surface area (Å²) in [7, 11) is 1.60. The lowest BCUT2D eigenvalue weighted by Gasteiger charge is -2.23. The number of rotatable bonds is 3. The van der Waals surface area contributed by atoms with Gasteiger partial charge in [-0.05, 0) is 56.2 Å². The molecule has 2 aliphatic heterocycles. The largest absolute Gasteiger partial charge is 0.497 e. The highest BCUT2D eigenvalue weighted by Crippen LogP contribution is 2.41. The zero-order chi connectivity index (χ0) is 21.6. The van der Waals surface area contributed by atoms with E-state index in [1.165, 1.54) is 0 Å². The van der Waals surface area contributed by atoms with Crippen molar-refractivity contribution < 1.29 is 9.53 Å². The molecule has 1 amide bonds. The van der Waals surface area contributed by atoms with Gasteiger partial charge in [0.25, 0.3) is 11.5 Å². The van der Waals surface area contributed by atoms with Gasteiger partial charge in [0.15, 0.2) is 5.69 Å². The Morgan fingerprint density at radius 2 is 1.71 bits per heavy atom. The second-order valence-electron chi connectivity index (χ2n) is 8.43. The van der Waals surface area contributed by atoms with Crippen LogP contribution in [0.4, 0.5) is 0 Å². The number of benzene rings is 2. The summed E-state index contributed by atoms with van der Waals surface area (Å²) in [6.45, 7) is 3.82. The molecule has 1 spiro atoms. The summed E-state index contributed by atoms with van der Waals surface area (Å²) in [4.78, 5) is 28.0. The average Bonchev–Trinajstić information content (AvgIpc) is 3.39. The normalized spacial score (nSPS) is 19.6. The summed E-state index contributed by atoms with van der Waals surface area (Å²) < 4.78 is 6.93. The van der Waals surface area contributed by atoms with Crippen LogP contribution in [-0.2, 0) is 12.0 Å². The maximum atomic E-state index is 13.2. The highest BCUT2D eigenvalue weighted by atomic mass is 16.5. The lowest BCUT2D eigenvalue weighted by atomic mass is 9.85. The summed E-state index contributed by atoms with van der Waals surface area (Å²) in [6.07, 6.45) is 1.58. The Labute approximate surface area is 180 Å². The topological polar surface area (TPSA) is 77.3 Å². The van der Waals surface area contributed by atoms with Crippen LogP contribution >= 0.6 is 0 Å². The van der Waals surface area contributed by atoms with E-state index in [4.69, 9.17) is 4.74 Å². The number of methoxy groups -OCH3 is 1. The van der Waals surface area contributed by atoms with Gasteiger partial charge in [0.2, 0.25) is 0 Å². The number of hydrogen-bond acceptors (Lipinski definition) is 5. The van der Waals surface area contributed by atoms with Crippen LogP contribution in [0, 0.1) is 6.92 Å². The molecule has 5 rings (SSSR count). The highest BCUT2D eigenvalue weighted by Gasteiger charge is 2.48. The van der Waals surface area contributed by atoms with E-state index >= 15 is 0 Å². The minimum absolute atomic E-state index is 0.0282. The van der Waals surface area contributed by atoms with E-state index in [-0.39, 0.29) is 16.9 Å². The van der Waals surface area contributed by atoms with Crippen molar-refractivity contribution in [2.45, 2.75) is 31.7 Å². The maximum absolute atomic E-state index is 13.2. The van der Waals surface area contributed by atoms with Crippen molar-refractivity contribution in [1.29, 1.82) is 0 Å². The first-order chi connectivity index (χ1) is 15.0. The third-order valence-electron chi connectivity index (χ3n) is 6.54. The molecule has 1 aromatic heterocycles. The molecule has 7 nitrogen and oxygen atoms in total. The van der Waals surface area contributed by atoms with Crippen molar-refractivity contribution in [2.24, 2.45) is 0 Å². The van der Waals surface area contributed by atoms with Crippen LogP contribution in [0.1, 0.15) is 34.6 Å². The zero-order valence-corrected chi connectivity index (χ0v) is 17.7. The number of fused-ring (bicyclic) bond motifs is 2. The second kappa shape index (κ2) is 7.34. The van der Waals surface area contributed by atoms with Gasteiger partial charge in [-0.2, -0.15) is 0 Å². The number of ether oxygens (including phenoxy) is 1. The first-order valence-corrected chi connectivity index (χ1v) is 10.5. The van der Waals surface area contributed by atoms with Gasteiger partial charge in [0.1, 0.15) is 11.6 Å². The van der Waals surface area contributed by atoms with E-state index < -0.39 is 0 Å². The molecule has 3 aromatic rings. The van der Waals surface area contributed by atoms with E-state index in [0.29, 0.717) is 36.7 Å². The van der Waals surface area contributed by atoms with Gasteiger partial charge in [-0.25, -0.2) is 0 Å². The molecule has 31 heavy (non-hydrogen) atoms. The Hall–Kier alpha value is -3.48. The predicted octanol–water partition coefficient (Wildman–Crippen LogP) is 2.81. The average molecular weight is 416 g/mol. The lowest BCUT2D eigenvalue weighted by molar-refractivity contribution is 0.0783. The fourth-order valence-corrected chi connectivity index (χ4v) is 4.70. The summed E-state index contributed by atoms with van der Waals surface area (Å²) in [5.41, 5.74) is 2.45. The molecule has 7 heteroatoms. The molecule has 1 saturated heterocycles. The van der Waals surface area contributed by atoms with Gasteiger partial charge in [0, 0.05) is 30.8 Å². The molecule has 0 saturated carbocycles. The maximum Gasteiger partial charge on any atom is 0.280 e. The third-order valence-corrected chi connectivity index (χ3v) is 6.54. The second-order valence-corrected chi connectivity index (χ2v) is 8.43. The number of aromatic nitrogens is 3. The molecule has 1 unspecified atom stereocenters. The summed E-state index contributed by atoms with van der Waals surface area (Å²) in [5.74, 6) is 1.45. The molecule has 1 atom stereocenters. The van der Waals surface area contributed by atoms with Gasteiger partial charge >= 0.3 is 0 Å². The number of likely N-dealkylation sites (tertiary alicyclic amines) is 1. The van der Waals surface area contributed by atoms with E-state index in [9.17, 15) is 9.59 Å². The standard InChI is InChI=1S/C24H24N4O3/c1-16-3-5-18(6-4-16)21(29)27-13-11-24(15-27)12-14-28-22(30)20(25-26-23(24)28)17-7-9-19(31-2)10-8-17/h3-10H,11-15H2,1-2H3. The minimum Gasteiger partial charge on any atom is -0.497 e. The van der Waals surface area contributed by atoms with E-state index in [1.807, 2.05) is 48.2 Å². The van der Waals surface area contributed by atoms with Crippen LogP contribution < -0.4 is 10.3 Å². The first kappa shape index (κ1) is 19.5. The van der Waals surface area contributed by atoms with Gasteiger partial charge in [0.05, 0.1) is 12.5 Å². The van der Waals surface area contributed by atoms with Gasteiger partial charge in [-0.15, -0.1) is 10.2 Å². The van der Waals surface area contributed by atoms with Crippen LogP contribution in [0.2, 0.25) is 0 Å². The van der Waals surface area contributed by atoms with Crippen molar-refractivity contribution in [2.75, 3.05) is 20.2 Å². The van der Waals surface area contributed by atoms with E-state index in [0.717, 1.165) is 29.7 Å². The van der Waals surface area contributed by atoms with Crippen LogP contribution in [0.15, 0.2) is 53.3 Å². The molecule has 158 valence electrons.